The van der Waals surface area contributed by atoms with Crippen LogP contribution < -0.4 is 4.74 Å². The van der Waals surface area contributed by atoms with Gasteiger partial charge in [0.15, 0.2) is 35.4 Å². The molecule has 11 nitrogen and oxygen atoms in total. The Bertz CT molecular complexity index is 1040. The molecule has 0 aromatic heterocycles. The molecule has 5 unspecified atom stereocenters. The van der Waals surface area contributed by atoms with E-state index in [-0.39, 0.29) is 29.6 Å². The van der Waals surface area contributed by atoms with E-state index in [0.29, 0.717) is 17.5 Å². The molecule has 1 heterocycles. The molecule has 11 heteroatoms. The molecule has 1 fully saturated rings. The number of aliphatic hydroxyl groups is 3. The molecule has 3 rings (SSSR count). The van der Waals surface area contributed by atoms with Crippen molar-refractivity contribution in [2.75, 3.05) is 20.3 Å². The fourth-order valence-corrected chi connectivity index (χ4v) is 3.49. The summed E-state index contributed by atoms with van der Waals surface area (Å²) in [7, 11) is 1.39. The number of benzene rings is 2. The van der Waals surface area contributed by atoms with Crippen LogP contribution in [0.3, 0.4) is 0 Å². The van der Waals surface area contributed by atoms with Gasteiger partial charge in [-0.05, 0) is 47.9 Å². The molecule has 0 bridgehead atoms. The maximum Gasteiger partial charge on any atom is 0.331 e. The highest BCUT2D eigenvalue weighted by Gasteiger charge is 2.46. The van der Waals surface area contributed by atoms with Crippen molar-refractivity contribution in [2.45, 2.75) is 37.1 Å². The summed E-state index contributed by atoms with van der Waals surface area (Å²) in [6.07, 6.45) is -4.23. The fourth-order valence-electron chi connectivity index (χ4n) is 3.49. The van der Waals surface area contributed by atoms with Crippen molar-refractivity contribution in [1.82, 2.24) is 0 Å². The molecule has 5 atom stereocenters. The van der Waals surface area contributed by atoms with Gasteiger partial charge in [0.1, 0.15) is 18.3 Å². The third kappa shape index (κ3) is 6.62. The first-order chi connectivity index (χ1) is 16.7. The van der Waals surface area contributed by atoms with Crippen LogP contribution in [-0.4, -0.2) is 87.6 Å². The van der Waals surface area contributed by atoms with Gasteiger partial charge in [-0.15, -0.1) is 0 Å². The first-order valence-electron chi connectivity index (χ1n) is 10.7. The van der Waals surface area contributed by atoms with Crippen LogP contribution in [0.25, 0.3) is 6.08 Å². The Morgan fingerprint density at radius 2 is 1.77 bits per heavy atom. The van der Waals surface area contributed by atoms with Crippen molar-refractivity contribution in [1.29, 1.82) is 0 Å². The molecule has 190 valence electrons. The van der Waals surface area contributed by atoms with Gasteiger partial charge >= 0.3 is 5.97 Å². The number of hydrogen-bond donors (Lipinski definition) is 6. The van der Waals surface area contributed by atoms with Gasteiger partial charge in [-0.1, -0.05) is 12.1 Å². The molecule has 2 aromatic carbocycles. The molecule has 0 aliphatic carbocycles. The number of rotatable bonds is 9. The Hall–Kier alpha value is -3.35. The number of aromatic hydroxyl groups is 3. The van der Waals surface area contributed by atoms with E-state index in [0.717, 1.165) is 6.08 Å². The van der Waals surface area contributed by atoms with Gasteiger partial charge in [0.05, 0.1) is 20.3 Å². The topological polar surface area (TPSA) is 175 Å². The van der Waals surface area contributed by atoms with Crippen LogP contribution in [0.1, 0.15) is 11.1 Å². The van der Waals surface area contributed by atoms with Crippen molar-refractivity contribution >= 4 is 12.0 Å². The highest BCUT2D eigenvalue weighted by molar-refractivity contribution is 5.87. The van der Waals surface area contributed by atoms with E-state index in [4.69, 9.17) is 18.9 Å². The standard InChI is InChI=1S/C24H28O11/c1-32-18-11-13(3-6-16(18)27)4-7-20(29)35-23-19(12-25)34-24(22(31)21(23)30)33-9-8-14-2-5-15(26)17(28)10-14/h2-7,10-11,19,21-28,30-31H,8-9,12H2,1H3. The summed E-state index contributed by atoms with van der Waals surface area (Å²) in [5, 5.41) is 59.1. The monoisotopic (exact) mass is 492 g/mol. The smallest absolute Gasteiger partial charge is 0.331 e. The van der Waals surface area contributed by atoms with Gasteiger partial charge in [0.2, 0.25) is 0 Å². The van der Waals surface area contributed by atoms with Crippen LogP contribution in [0.5, 0.6) is 23.0 Å². The molecule has 35 heavy (non-hydrogen) atoms. The summed E-state index contributed by atoms with van der Waals surface area (Å²) in [4.78, 5) is 12.3. The Morgan fingerprint density at radius 1 is 1.03 bits per heavy atom. The molecule has 1 saturated heterocycles. The van der Waals surface area contributed by atoms with E-state index < -0.39 is 43.3 Å². The lowest BCUT2D eigenvalue weighted by atomic mass is 9.99. The SMILES string of the molecule is COc1cc(C=CC(=O)OC2C(CO)OC(OCCc3ccc(O)c(O)c3)C(O)C2O)ccc1O. The first kappa shape index (κ1) is 26.3. The second-order valence-corrected chi connectivity index (χ2v) is 7.82. The summed E-state index contributed by atoms with van der Waals surface area (Å²) in [5.41, 5.74) is 1.18. The highest BCUT2D eigenvalue weighted by atomic mass is 16.7. The number of esters is 1. The Balaban J connectivity index is 1.57. The van der Waals surface area contributed by atoms with Gasteiger partial charge in [-0.3, -0.25) is 0 Å². The summed E-state index contributed by atoms with van der Waals surface area (Å²) >= 11 is 0. The zero-order valence-corrected chi connectivity index (χ0v) is 18.9. The predicted octanol–water partition coefficient (Wildman–Crippen LogP) is 0.435. The second-order valence-electron chi connectivity index (χ2n) is 7.82. The van der Waals surface area contributed by atoms with Crippen LogP contribution in [-0.2, 0) is 25.4 Å². The number of methoxy groups -OCH3 is 1. The Morgan fingerprint density at radius 3 is 2.46 bits per heavy atom. The van der Waals surface area contributed by atoms with Crippen LogP contribution >= 0.6 is 0 Å². The normalized spacial score (nSPS) is 24.4. The lowest BCUT2D eigenvalue weighted by molar-refractivity contribution is -0.302. The van der Waals surface area contributed by atoms with Gasteiger partial charge in [0, 0.05) is 6.08 Å². The van der Waals surface area contributed by atoms with Crippen molar-refractivity contribution in [3.05, 3.63) is 53.6 Å². The number of hydrogen-bond acceptors (Lipinski definition) is 11. The Labute approximate surface area is 201 Å². The van der Waals surface area contributed by atoms with Gasteiger partial charge < -0.3 is 49.6 Å². The minimum Gasteiger partial charge on any atom is -0.504 e. The van der Waals surface area contributed by atoms with Gasteiger partial charge in [-0.2, -0.15) is 0 Å². The molecule has 0 saturated carbocycles. The van der Waals surface area contributed by atoms with E-state index in [2.05, 4.69) is 0 Å². The maximum atomic E-state index is 12.3. The lowest BCUT2D eigenvalue weighted by Gasteiger charge is -2.41. The van der Waals surface area contributed by atoms with Crippen molar-refractivity contribution in [3.63, 3.8) is 0 Å². The predicted molar refractivity (Wildman–Crippen MR) is 121 cm³/mol. The number of carbonyl (C=O) groups is 1. The van der Waals surface area contributed by atoms with Gasteiger partial charge in [-0.25, -0.2) is 4.79 Å². The average Bonchev–Trinajstić information content (AvgIpc) is 2.85. The molecule has 2 aromatic rings. The molecule has 0 spiro atoms. The van der Waals surface area contributed by atoms with Crippen LogP contribution in [0, 0.1) is 0 Å². The van der Waals surface area contributed by atoms with Crippen molar-refractivity contribution < 1.29 is 54.4 Å². The van der Waals surface area contributed by atoms with Crippen LogP contribution in [0.4, 0.5) is 0 Å². The molecule has 6 N–H and O–H groups in total. The third-order valence-electron chi connectivity index (χ3n) is 5.40. The Kier molecular flexibility index (Phi) is 8.90. The number of ether oxygens (including phenoxy) is 4. The largest absolute Gasteiger partial charge is 0.504 e. The minimum absolute atomic E-state index is 0.0279. The second kappa shape index (κ2) is 11.9. The zero-order chi connectivity index (χ0) is 25.5. The number of aliphatic hydroxyl groups excluding tert-OH is 3. The summed E-state index contributed by atoms with van der Waals surface area (Å²) in [6, 6.07) is 8.71. The average molecular weight is 492 g/mol. The minimum atomic E-state index is -1.60. The molecule has 1 aliphatic heterocycles. The molecule has 1 aliphatic rings. The van der Waals surface area contributed by atoms with Gasteiger partial charge in [0.25, 0.3) is 0 Å². The van der Waals surface area contributed by atoms with E-state index in [1.165, 1.54) is 37.5 Å². The quantitative estimate of drug-likeness (QED) is 0.163. The molecule has 0 amide bonds. The summed E-state index contributed by atoms with van der Waals surface area (Å²) in [5.74, 6) is -1.24. The van der Waals surface area contributed by atoms with Crippen LogP contribution in [0.15, 0.2) is 42.5 Å². The fraction of sp³-hybridized carbons (Fsp3) is 0.375. The third-order valence-corrected chi connectivity index (χ3v) is 5.40. The van der Waals surface area contributed by atoms with Crippen molar-refractivity contribution in [3.8, 4) is 23.0 Å². The highest BCUT2D eigenvalue weighted by Crippen LogP contribution is 2.28. The molecule has 0 radical (unpaired) electrons. The number of phenols is 3. The van der Waals surface area contributed by atoms with E-state index in [1.807, 2.05) is 0 Å². The molecular weight excluding hydrogens is 464 g/mol. The molecular formula is C24H28O11. The van der Waals surface area contributed by atoms with Crippen molar-refractivity contribution in [2.24, 2.45) is 0 Å². The first-order valence-corrected chi connectivity index (χ1v) is 10.7. The lowest BCUT2D eigenvalue weighted by Crippen LogP contribution is -2.60. The van der Waals surface area contributed by atoms with E-state index >= 15 is 0 Å². The van der Waals surface area contributed by atoms with E-state index in [1.54, 1.807) is 12.1 Å². The number of carbonyl (C=O) groups excluding carboxylic acids is 1. The number of phenolic OH excluding ortho intramolecular Hbond substituents is 3. The zero-order valence-electron chi connectivity index (χ0n) is 18.9. The van der Waals surface area contributed by atoms with Crippen LogP contribution in [0.2, 0.25) is 0 Å². The maximum absolute atomic E-state index is 12.3. The van der Waals surface area contributed by atoms with E-state index in [9.17, 15) is 35.4 Å². The summed E-state index contributed by atoms with van der Waals surface area (Å²) < 4.78 is 21.2. The summed E-state index contributed by atoms with van der Waals surface area (Å²) in [6.45, 7) is -0.591.